The fourth-order valence-electron chi connectivity index (χ4n) is 2.49. The first-order chi connectivity index (χ1) is 12.2. The fraction of sp³-hybridized carbons (Fsp3) is 0.353. The van der Waals surface area contributed by atoms with Gasteiger partial charge in [0.1, 0.15) is 5.69 Å². The fourth-order valence-corrected chi connectivity index (χ4v) is 3.29. The average molecular weight is 360 g/mol. The minimum atomic E-state index is -0.272. The lowest BCUT2D eigenvalue weighted by Crippen LogP contribution is -2.40. The molecule has 0 radical (unpaired) electrons. The Morgan fingerprint density at radius 1 is 1.24 bits per heavy atom. The third-order valence-electron chi connectivity index (χ3n) is 3.83. The van der Waals surface area contributed by atoms with Crippen molar-refractivity contribution >= 4 is 28.8 Å². The van der Waals surface area contributed by atoms with Gasteiger partial charge in [-0.15, -0.1) is 11.3 Å². The molecule has 3 N–H and O–H groups in total. The van der Waals surface area contributed by atoms with Crippen LogP contribution in [0.3, 0.4) is 0 Å². The Morgan fingerprint density at radius 3 is 2.64 bits per heavy atom. The van der Waals surface area contributed by atoms with Crippen molar-refractivity contribution in [2.75, 3.05) is 38.2 Å². The highest BCUT2D eigenvalue weighted by Gasteiger charge is 2.18. The van der Waals surface area contributed by atoms with E-state index in [1.54, 1.807) is 34.5 Å². The van der Waals surface area contributed by atoms with Gasteiger partial charge in [-0.3, -0.25) is 9.59 Å². The number of carbonyl (C=O) groups is 2. The number of amides is 2. The lowest BCUT2D eigenvalue weighted by molar-refractivity contribution is 0.0303. The standard InChI is InChI=1S/C17H20N4O3S/c18-6-5-15-20-14(11-25-15)16(22)19-13-3-1-12(2-4-13)17(23)21-7-9-24-10-8-21/h1-4,11H,5-10,18H2,(H,19,22). The quantitative estimate of drug-likeness (QED) is 0.839. The Labute approximate surface area is 149 Å². The number of ether oxygens (including phenoxy) is 1. The summed E-state index contributed by atoms with van der Waals surface area (Å²) in [5.41, 5.74) is 7.09. The van der Waals surface area contributed by atoms with Gasteiger partial charge in [0.25, 0.3) is 11.8 Å². The minimum absolute atomic E-state index is 0.0212. The van der Waals surface area contributed by atoms with Crippen molar-refractivity contribution in [3.63, 3.8) is 0 Å². The van der Waals surface area contributed by atoms with Crippen LogP contribution in [0.15, 0.2) is 29.6 Å². The van der Waals surface area contributed by atoms with E-state index >= 15 is 0 Å². The van der Waals surface area contributed by atoms with Gasteiger partial charge in [0.2, 0.25) is 0 Å². The SMILES string of the molecule is NCCc1nc(C(=O)Nc2ccc(C(=O)N3CCOCC3)cc2)cs1. The van der Waals surface area contributed by atoms with Crippen LogP contribution in [-0.4, -0.2) is 54.5 Å². The molecule has 1 aliphatic rings. The summed E-state index contributed by atoms with van der Waals surface area (Å²) in [6.45, 7) is 2.85. The molecular formula is C17H20N4O3S. The summed E-state index contributed by atoms with van der Waals surface area (Å²) in [7, 11) is 0. The summed E-state index contributed by atoms with van der Waals surface area (Å²) >= 11 is 1.42. The monoisotopic (exact) mass is 360 g/mol. The van der Waals surface area contributed by atoms with Crippen molar-refractivity contribution in [1.29, 1.82) is 0 Å². The van der Waals surface area contributed by atoms with Crippen molar-refractivity contribution in [3.05, 3.63) is 45.9 Å². The maximum Gasteiger partial charge on any atom is 0.275 e. The predicted octanol–water partition coefficient (Wildman–Crippen LogP) is 1.37. The van der Waals surface area contributed by atoms with Crippen molar-refractivity contribution in [3.8, 4) is 0 Å². The van der Waals surface area contributed by atoms with E-state index < -0.39 is 0 Å². The Balaban J connectivity index is 1.61. The molecule has 0 atom stereocenters. The molecule has 1 saturated heterocycles. The molecule has 0 unspecified atom stereocenters. The maximum absolute atomic E-state index is 12.4. The maximum atomic E-state index is 12.4. The lowest BCUT2D eigenvalue weighted by Gasteiger charge is -2.26. The van der Waals surface area contributed by atoms with Crippen LogP contribution in [0.5, 0.6) is 0 Å². The molecule has 2 aromatic rings. The highest BCUT2D eigenvalue weighted by atomic mass is 32.1. The molecule has 0 bridgehead atoms. The van der Waals surface area contributed by atoms with Gasteiger partial charge in [-0.25, -0.2) is 4.98 Å². The Bertz CT molecular complexity index is 739. The Hall–Kier alpha value is -2.29. The third-order valence-corrected chi connectivity index (χ3v) is 4.74. The Morgan fingerprint density at radius 2 is 1.96 bits per heavy atom. The van der Waals surface area contributed by atoms with E-state index in [0.29, 0.717) is 56.2 Å². The lowest BCUT2D eigenvalue weighted by atomic mass is 10.1. The van der Waals surface area contributed by atoms with Gasteiger partial charge in [-0.05, 0) is 30.8 Å². The molecule has 1 aromatic carbocycles. The van der Waals surface area contributed by atoms with Crippen LogP contribution in [0.1, 0.15) is 25.9 Å². The minimum Gasteiger partial charge on any atom is -0.378 e. The van der Waals surface area contributed by atoms with Crippen LogP contribution < -0.4 is 11.1 Å². The molecule has 2 heterocycles. The normalized spacial score (nSPS) is 14.4. The first-order valence-electron chi connectivity index (χ1n) is 8.10. The number of carbonyl (C=O) groups excluding carboxylic acids is 2. The van der Waals surface area contributed by atoms with E-state index in [1.165, 1.54) is 11.3 Å². The predicted molar refractivity (Wildman–Crippen MR) is 96.0 cm³/mol. The molecule has 0 saturated carbocycles. The molecular weight excluding hydrogens is 340 g/mol. The van der Waals surface area contributed by atoms with Gasteiger partial charge in [-0.2, -0.15) is 0 Å². The summed E-state index contributed by atoms with van der Waals surface area (Å²) < 4.78 is 5.25. The average Bonchev–Trinajstić information content (AvgIpc) is 3.12. The van der Waals surface area contributed by atoms with E-state index in [4.69, 9.17) is 10.5 Å². The smallest absolute Gasteiger partial charge is 0.275 e. The summed E-state index contributed by atoms with van der Waals surface area (Å²) in [6.07, 6.45) is 0.663. The molecule has 1 aromatic heterocycles. The number of benzene rings is 1. The van der Waals surface area contributed by atoms with Gasteiger partial charge < -0.3 is 20.7 Å². The molecule has 8 heteroatoms. The van der Waals surface area contributed by atoms with Crippen molar-refractivity contribution in [2.24, 2.45) is 5.73 Å². The summed E-state index contributed by atoms with van der Waals surface area (Å²) in [4.78, 5) is 30.6. The molecule has 2 amide bonds. The molecule has 1 fully saturated rings. The van der Waals surface area contributed by atoms with E-state index in [9.17, 15) is 9.59 Å². The van der Waals surface area contributed by atoms with Crippen molar-refractivity contribution in [1.82, 2.24) is 9.88 Å². The topological polar surface area (TPSA) is 97.5 Å². The second kappa shape index (κ2) is 8.19. The number of nitrogens with zero attached hydrogens (tertiary/aromatic N) is 2. The van der Waals surface area contributed by atoms with Gasteiger partial charge in [0.15, 0.2) is 0 Å². The zero-order valence-electron chi connectivity index (χ0n) is 13.7. The number of morpholine rings is 1. The molecule has 132 valence electrons. The summed E-state index contributed by atoms with van der Waals surface area (Å²) in [6, 6.07) is 6.88. The molecule has 0 aliphatic carbocycles. The van der Waals surface area contributed by atoms with Crippen LogP contribution in [0.25, 0.3) is 0 Å². The second-order valence-corrected chi connectivity index (χ2v) is 6.54. The number of thiazole rings is 1. The van der Waals surface area contributed by atoms with Crippen molar-refractivity contribution in [2.45, 2.75) is 6.42 Å². The number of hydrogen-bond donors (Lipinski definition) is 2. The molecule has 1 aliphatic heterocycles. The Kier molecular flexibility index (Phi) is 5.75. The van der Waals surface area contributed by atoms with Crippen LogP contribution in [-0.2, 0) is 11.2 Å². The van der Waals surface area contributed by atoms with Gasteiger partial charge in [0, 0.05) is 36.1 Å². The van der Waals surface area contributed by atoms with E-state index in [1.807, 2.05) is 0 Å². The van der Waals surface area contributed by atoms with Crippen LogP contribution in [0.2, 0.25) is 0 Å². The van der Waals surface area contributed by atoms with Gasteiger partial charge in [0.05, 0.1) is 18.2 Å². The number of nitrogens with two attached hydrogens (primary N) is 1. The highest BCUT2D eigenvalue weighted by Crippen LogP contribution is 2.15. The van der Waals surface area contributed by atoms with Crippen LogP contribution >= 0.6 is 11.3 Å². The second-order valence-electron chi connectivity index (χ2n) is 5.60. The molecule has 7 nitrogen and oxygen atoms in total. The molecule has 0 spiro atoms. The van der Waals surface area contributed by atoms with Gasteiger partial charge in [-0.1, -0.05) is 0 Å². The third kappa shape index (κ3) is 4.41. The largest absolute Gasteiger partial charge is 0.378 e. The zero-order chi connectivity index (χ0) is 17.6. The van der Waals surface area contributed by atoms with E-state index in [2.05, 4.69) is 10.3 Å². The highest BCUT2D eigenvalue weighted by molar-refractivity contribution is 7.09. The molecule has 25 heavy (non-hydrogen) atoms. The number of rotatable bonds is 5. The number of aromatic nitrogens is 1. The summed E-state index contributed by atoms with van der Waals surface area (Å²) in [5.74, 6) is -0.293. The first kappa shape index (κ1) is 17.5. The number of nitrogens with one attached hydrogen (secondary N) is 1. The van der Waals surface area contributed by atoms with E-state index in [-0.39, 0.29) is 11.8 Å². The van der Waals surface area contributed by atoms with Gasteiger partial charge >= 0.3 is 0 Å². The van der Waals surface area contributed by atoms with Crippen molar-refractivity contribution < 1.29 is 14.3 Å². The zero-order valence-corrected chi connectivity index (χ0v) is 14.6. The van der Waals surface area contributed by atoms with Crippen LogP contribution in [0.4, 0.5) is 5.69 Å². The first-order valence-corrected chi connectivity index (χ1v) is 8.98. The van der Waals surface area contributed by atoms with Crippen LogP contribution in [0, 0.1) is 0 Å². The number of anilines is 1. The summed E-state index contributed by atoms with van der Waals surface area (Å²) in [5, 5.41) is 5.35. The van der Waals surface area contributed by atoms with E-state index in [0.717, 1.165) is 5.01 Å². The number of hydrogen-bond acceptors (Lipinski definition) is 6. The molecule has 3 rings (SSSR count).